The first-order valence-electron chi connectivity index (χ1n) is 3.32. The Kier molecular flexibility index (Phi) is 2.82. The predicted octanol–water partition coefficient (Wildman–Crippen LogP) is 0.0906. The minimum atomic E-state index is -0.312. The Labute approximate surface area is 73.9 Å². The Balaban J connectivity index is 2.54. The lowest BCUT2D eigenvalue weighted by atomic mass is 10.2. The third kappa shape index (κ3) is 2.71. The third-order valence-corrected chi connectivity index (χ3v) is 1.92. The highest BCUT2D eigenvalue weighted by molar-refractivity contribution is 7.07. The fourth-order valence-corrected chi connectivity index (χ4v) is 1.42. The van der Waals surface area contributed by atoms with Crippen LogP contribution in [-0.2, 0) is 11.2 Å². The lowest BCUT2D eigenvalue weighted by molar-refractivity contribution is -0.117. The van der Waals surface area contributed by atoms with Gasteiger partial charge in [-0.3, -0.25) is 4.79 Å². The van der Waals surface area contributed by atoms with Crippen LogP contribution in [0.25, 0.3) is 0 Å². The van der Waals surface area contributed by atoms with Crippen molar-refractivity contribution in [2.75, 3.05) is 0 Å². The zero-order valence-electron chi connectivity index (χ0n) is 6.36. The van der Waals surface area contributed by atoms with Gasteiger partial charge in [-0.15, -0.1) is 0 Å². The quantitative estimate of drug-likeness (QED) is 0.503. The van der Waals surface area contributed by atoms with E-state index in [4.69, 9.17) is 11.5 Å². The van der Waals surface area contributed by atoms with Crippen LogP contribution >= 0.6 is 11.3 Å². The fourth-order valence-electron chi connectivity index (χ4n) is 0.751. The Morgan fingerprint density at radius 2 is 2.33 bits per heavy atom. The summed E-state index contributed by atoms with van der Waals surface area (Å²) in [5.41, 5.74) is 11.0. The summed E-state index contributed by atoms with van der Waals surface area (Å²) < 4.78 is 0. The molecule has 0 atom stereocenters. The van der Waals surface area contributed by atoms with Crippen LogP contribution in [0, 0.1) is 0 Å². The Bertz CT molecular complexity index is 288. The molecule has 0 aromatic carbocycles. The molecule has 64 valence electrons. The summed E-state index contributed by atoms with van der Waals surface area (Å²) in [7, 11) is 0. The molecule has 1 aromatic heterocycles. The van der Waals surface area contributed by atoms with Crippen molar-refractivity contribution in [2.24, 2.45) is 16.5 Å². The molecule has 0 aliphatic heterocycles. The molecule has 1 amide bonds. The molecule has 4 nitrogen and oxygen atoms in total. The number of amides is 1. The molecule has 5 heteroatoms. The van der Waals surface area contributed by atoms with Crippen molar-refractivity contribution in [3.63, 3.8) is 0 Å². The lowest BCUT2D eigenvalue weighted by Gasteiger charge is -1.91. The highest BCUT2D eigenvalue weighted by atomic mass is 32.1. The number of nitrogens with zero attached hydrogens (tertiary/aromatic N) is 1. The average Bonchev–Trinajstić information content (AvgIpc) is 2.37. The molecule has 1 aromatic rings. The Morgan fingerprint density at radius 3 is 2.83 bits per heavy atom. The summed E-state index contributed by atoms with van der Waals surface area (Å²) in [4.78, 5) is 14.4. The van der Waals surface area contributed by atoms with Crippen molar-refractivity contribution in [1.29, 1.82) is 0 Å². The van der Waals surface area contributed by atoms with Gasteiger partial charge in [0.2, 0.25) is 0 Å². The van der Waals surface area contributed by atoms with E-state index in [2.05, 4.69) is 4.99 Å². The van der Waals surface area contributed by atoms with Crippen LogP contribution in [0.1, 0.15) is 5.56 Å². The van der Waals surface area contributed by atoms with Gasteiger partial charge in [-0.05, 0) is 22.4 Å². The molecule has 0 saturated heterocycles. The number of hydrogen-bond donors (Lipinski definition) is 2. The lowest BCUT2D eigenvalue weighted by Crippen LogP contribution is -2.24. The van der Waals surface area contributed by atoms with Gasteiger partial charge < -0.3 is 11.5 Å². The van der Waals surface area contributed by atoms with Crippen LogP contribution in [0.15, 0.2) is 21.8 Å². The van der Waals surface area contributed by atoms with E-state index >= 15 is 0 Å². The van der Waals surface area contributed by atoms with E-state index in [1.807, 2.05) is 16.8 Å². The van der Waals surface area contributed by atoms with Gasteiger partial charge in [0.15, 0.2) is 5.96 Å². The van der Waals surface area contributed by atoms with Gasteiger partial charge in [-0.2, -0.15) is 16.3 Å². The van der Waals surface area contributed by atoms with Crippen molar-refractivity contribution in [3.05, 3.63) is 22.4 Å². The van der Waals surface area contributed by atoms with Crippen LogP contribution in [0.2, 0.25) is 0 Å². The summed E-state index contributed by atoms with van der Waals surface area (Å²) in [6, 6.07) is 1.87. The first-order valence-corrected chi connectivity index (χ1v) is 4.26. The minimum absolute atomic E-state index is 0.185. The number of nitrogens with two attached hydrogens (primary N) is 2. The van der Waals surface area contributed by atoms with Crippen LogP contribution in [0.3, 0.4) is 0 Å². The molecule has 0 unspecified atom stereocenters. The molecule has 0 radical (unpaired) electrons. The van der Waals surface area contributed by atoms with Gasteiger partial charge in [0.1, 0.15) is 0 Å². The molecule has 4 N–H and O–H groups in total. The number of guanidine groups is 1. The van der Waals surface area contributed by atoms with E-state index in [9.17, 15) is 4.79 Å². The van der Waals surface area contributed by atoms with E-state index in [-0.39, 0.29) is 18.3 Å². The molecule has 0 aliphatic carbocycles. The third-order valence-electron chi connectivity index (χ3n) is 1.19. The molecule has 0 saturated carbocycles. The molecular formula is C7H9N3OS. The first-order chi connectivity index (χ1) is 5.68. The van der Waals surface area contributed by atoms with Gasteiger partial charge >= 0.3 is 0 Å². The maximum Gasteiger partial charge on any atom is 0.253 e. The second kappa shape index (κ2) is 3.87. The highest BCUT2D eigenvalue weighted by Crippen LogP contribution is 2.06. The van der Waals surface area contributed by atoms with Crippen molar-refractivity contribution in [1.82, 2.24) is 0 Å². The van der Waals surface area contributed by atoms with Gasteiger partial charge in [-0.25, -0.2) is 0 Å². The number of thiophene rings is 1. The van der Waals surface area contributed by atoms with E-state index < -0.39 is 0 Å². The van der Waals surface area contributed by atoms with Crippen molar-refractivity contribution >= 4 is 23.2 Å². The molecule has 12 heavy (non-hydrogen) atoms. The normalized spacial score (nSPS) is 9.33. The van der Waals surface area contributed by atoms with Crippen LogP contribution in [0.4, 0.5) is 0 Å². The van der Waals surface area contributed by atoms with Crippen molar-refractivity contribution in [3.8, 4) is 0 Å². The second-order valence-electron chi connectivity index (χ2n) is 2.24. The van der Waals surface area contributed by atoms with Gasteiger partial charge in [0.05, 0.1) is 6.42 Å². The number of aliphatic imine (C=N–C) groups is 1. The first kappa shape index (κ1) is 8.73. The molecule has 1 heterocycles. The minimum Gasteiger partial charge on any atom is -0.370 e. The average molecular weight is 183 g/mol. The zero-order chi connectivity index (χ0) is 8.97. The number of hydrogen-bond acceptors (Lipinski definition) is 2. The van der Waals surface area contributed by atoms with E-state index in [1.54, 1.807) is 0 Å². The van der Waals surface area contributed by atoms with E-state index in [0.29, 0.717) is 0 Å². The van der Waals surface area contributed by atoms with E-state index in [0.717, 1.165) is 5.56 Å². The SMILES string of the molecule is NC(N)=NC(=O)Cc1ccsc1. The molecule has 0 fully saturated rings. The standard InChI is InChI=1S/C7H9N3OS/c8-7(9)10-6(11)3-5-1-2-12-4-5/h1-2,4H,3H2,(H4,8,9,10,11). The Morgan fingerprint density at radius 1 is 1.58 bits per heavy atom. The topological polar surface area (TPSA) is 81.5 Å². The molecule has 0 spiro atoms. The Hall–Kier alpha value is -1.36. The van der Waals surface area contributed by atoms with Gasteiger partial charge in [0, 0.05) is 0 Å². The van der Waals surface area contributed by atoms with Crippen molar-refractivity contribution in [2.45, 2.75) is 6.42 Å². The summed E-state index contributed by atoms with van der Waals surface area (Å²) >= 11 is 1.54. The molecule has 0 bridgehead atoms. The number of rotatable bonds is 2. The summed E-state index contributed by atoms with van der Waals surface area (Å²) in [6.07, 6.45) is 0.265. The number of carbonyl (C=O) groups excluding carboxylic acids is 1. The molecular weight excluding hydrogens is 174 g/mol. The maximum atomic E-state index is 11.0. The molecule has 1 rings (SSSR count). The zero-order valence-corrected chi connectivity index (χ0v) is 7.17. The summed E-state index contributed by atoms with van der Waals surface area (Å²) in [5, 5.41) is 3.79. The molecule has 0 aliphatic rings. The largest absolute Gasteiger partial charge is 0.370 e. The van der Waals surface area contributed by atoms with Crippen LogP contribution < -0.4 is 11.5 Å². The summed E-state index contributed by atoms with van der Waals surface area (Å²) in [6.45, 7) is 0. The van der Waals surface area contributed by atoms with Gasteiger partial charge in [0.25, 0.3) is 5.91 Å². The van der Waals surface area contributed by atoms with E-state index in [1.165, 1.54) is 11.3 Å². The van der Waals surface area contributed by atoms with Crippen LogP contribution in [-0.4, -0.2) is 11.9 Å². The van der Waals surface area contributed by atoms with Gasteiger partial charge in [-0.1, -0.05) is 0 Å². The summed E-state index contributed by atoms with van der Waals surface area (Å²) in [5.74, 6) is -0.497. The number of carbonyl (C=O) groups is 1. The van der Waals surface area contributed by atoms with Crippen molar-refractivity contribution < 1.29 is 4.79 Å². The predicted molar refractivity (Wildman–Crippen MR) is 48.8 cm³/mol. The fraction of sp³-hybridized carbons (Fsp3) is 0.143. The highest BCUT2D eigenvalue weighted by Gasteiger charge is 2.01. The van der Waals surface area contributed by atoms with Crippen LogP contribution in [0.5, 0.6) is 0 Å². The maximum absolute atomic E-state index is 11.0. The smallest absolute Gasteiger partial charge is 0.253 e. The second-order valence-corrected chi connectivity index (χ2v) is 3.02. The monoisotopic (exact) mass is 183 g/mol.